The quantitative estimate of drug-likeness (QED) is 0.676. The van der Waals surface area contributed by atoms with Crippen molar-refractivity contribution < 1.29 is 9.59 Å². The minimum Gasteiger partial charge on any atom is -0.341 e. The third-order valence-electron chi connectivity index (χ3n) is 5.96. The molecule has 0 aliphatic carbocycles. The van der Waals surface area contributed by atoms with E-state index in [1.165, 1.54) is 0 Å². The van der Waals surface area contributed by atoms with E-state index in [9.17, 15) is 9.59 Å². The average Bonchev–Trinajstić information content (AvgIpc) is 3.16. The number of carbonyl (C=O) groups excluding carboxylic acids is 2. The minimum absolute atomic E-state index is 0.0486. The van der Waals surface area contributed by atoms with Gasteiger partial charge in [0.25, 0.3) is 5.91 Å². The fraction of sp³-hybridized carbons (Fsp3) is 0.391. The first-order valence-corrected chi connectivity index (χ1v) is 11.4. The summed E-state index contributed by atoms with van der Waals surface area (Å²) in [5, 5.41) is -0.661. The fourth-order valence-electron chi connectivity index (χ4n) is 4.27. The first-order valence-electron chi connectivity index (χ1n) is 10.0. The lowest BCUT2D eigenvalue weighted by Gasteiger charge is -2.44. The molecule has 1 unspecified atom stereocenters. The monoisotopic (exact) mass is 428 g/mol. The molecule has 4 nitrogen and oxygen atoms in total. The summed E-state index contributed by atoms with van der Waals surface area (Å²) in [7, 11) is 0. The number of benzene rings is 2. The minimum atomic E-state index is -0.661. The Balaban J connectivity index is 1.45. The lowest BCUT2D eigenvalue weighted by atomic mass is 9.99. The summed E-state index contributed by atoms with van der Waals surface area (Å²) in [6, 6.07) is 17.2. The molecular formula is C23H25ClN2O2S. The summed E-state index contributed by atoms with van der Waals surface area (Å²) in [4.78, 5) is 29.8. The van der Waals surface area contributed by atoms with Crippen molar-refractivity contribution >= 4 is 35.2 Å². The van der Waals surface area contributed by atoms with Gasteiger partial charge in [-0.15, -0.1) is 23.4 Å². The summed E-state index contributed by atoms with van der Waals surface area (Å²) < 4.78 is 0. The second kappa shape index (κ2) is 8.41. The molecule has 2 aromatic carbocycles. The number of alkyl halides is 1. The number of likely N-dealkylation sites (tertiary alicyclic amines) is 1. The number of thioether (sulfide) groups is 1. The molecule has 0 N–H and O–H groups in total. The molecule has 0 bridgehead atoms. The molecular weight excluding hydrogens is 404 g/mol. The van der Waals surface area contributed by atoms with Crippen molar-refractivity contribution in [3.05, 3.63) is 71.3 Å². The summed E-state index contributed by atoms with van der Waals surface area (Å²) in [5.74, 6) is 0.994. The van der Waals surface area contributed by atoms with Gasteiger partial charge in [-0.2, -0.15) is 0 Å². The summed E-state index contributed by atoms with van der Waals surface area (Å²) >= 11 is 8.31. The van der Waals surface area contributed by atoms with Gasteiger partial charge in [-0.3, -0.25) is 9.59 Å². The van der Waals surface area contributed by atoms with Crippen molar-refractivity contribution in [2.75, 3.05) is 25.4 Å². The Morgan fingerprint density at radius 2 is 1.66 bits per heavy atom. The van der Waals surface area contributed by atoms with Gasteiger partial charge in [0.15, 0.2) is 0 Å². The molecule has 0 aromatic heterocycles. The van der Waals surface area contributed by atoms with E-state index in [4.69, 9.17) is 11.6 Å². The third-order valence-corrected chi connectivity index (χ3v) is 7.95. The number of amides is 2. The Morgan fingerprint density at radius 3 is 2.34 bits per heavy atom. The van der Waals surface area contributed by atoms with Crippen LogP contribution in [0.25, 0.3) is 0 Å². The number of halogens is 1. The lowest BCUT2D eigenvalue weighted by Crippen LogP contribution is -2.54. The van der Waals surface area contributed by atoms with Crippen LogP contribution in [0.1, 0.15) is 39.7 Å². The predicted molar refractivity (Wildman–Crippen MR) is 118 cm³/mol. The molecule has 152 valence electrons. The standard InChI is InChI=1S/C23H25ClN2O2S/c1-17-7-5-6-10-19(17)21(27)26-15-16-29-23(26)11-13-25(14-12-23)22(28)20(24)18-8-3-2-4-9-18/h2-10,20H,11-16H2,1H3. The van der Waals surface area contributed by atoms with Crippen molar-refractivity contribution in [3.63, 3.8) is 0 Å². The Labute approximate surface area is 181 Å². The fourth-order valence-corrected chi connectivity index (χ4v) is 6.01. The maximum Gasteiger partial charge on any atom is 0.255 e. The van der Waals surface area contributed by atoms with Crippen molar-refractivity contribution in [1.29, 1.82) is 0 Å². The van der Waals surface area contributed by atoms with E-state index in [0.29, 0.717) is 13.1 Å². The Hall–Kier alpha value is -1.98. The van der Waals surface area contributed by atoms with Gasteiger partial charge >= 0.3 is 0 Å². The number of hydrogen-bond acceptors (Lipinski definition) is 3. The van der Waals surface area contributed by atoms with Crippen LogP contribution in [0.5, 0.6) is 0 Å². The van der Waals surface area contributed by atoms with Crippen molar-refractivity contribution in [2.24, 2.45) is 0 Å². The molecule has 2 amide bonds. The maximum absolute atomic E-state index is 13.3. The van der Waals surface area contributed by atoms with Gasteiger partial charge in [0.2, 0.25) is 5.91 Å². The normalized spacial score (nSPS) is 19.4. The second-order valence-electron chi connectivity index (χ2n) is 7.66. The SMILES string of the molecule is Cc1ccccc1C(=O)N1CCSC12CCN(C(=O)C(Cl)c1ccccc1)CC2. The highest BCUT2D eigenvalue weighted by Crippen LogP contribution is 2.45. The highest BCUT2D eigenvalue weighted by Gasteiger charge is 2.47. The molecule has 0 radical (unpaired) electrons. The maximum atomic E-state index is 13.3. The highest BCUT2D eigenvalue weighted by molar-refractivity contribution is 8.00. The molecule has 29 heavy (non-hydrogen) atoms. The molecule has 1 spiro atoms. The zero-order valence-electron chi connectivity index (χ0n) is 16.5. The number of aryl methyl sites for hydroxylation is 1. The molecule has 2 fully saturated rings. The molecule has 2 heterocycles. The van der Waals surface area contributed by atoms with Gasteiger partial charge < -0.3 is 9.80 Å². The number of piperidine rings is 1. The van der Waals surface area contributed by atoms with Crippen molar-refractivity contribution in [1.82, 2.24) is 9.80 Å². The van der Waals surface area contributed by atoms with Crippen LogP contribution in [0.15, 0.2) is 54.6 Å². The van der Waals surface area contributed by atoms with E-state index in [0.717, 1.165) is 41.8 Å². The Bertz CT molecular complexity index is 897. The molecule has 0 saturated carbocycles. The zero-order valence-corrected chi connectivity index (χ0v) is 18.1. The zero-order chi connectivity index (χ0) is 20.4. The number of hydrogen-bond donors (Lipinski definition) is 0. The van der Waals surface area contributed by atoms with E-state index in [-0.39, 0.29) is 16.7 Å². The van der Waals surface area contributed by atoms with Crippen LogP contribution in [-0.4, -0.2) is 51.9 Å². The van der Waals surface area contributed by atoms with E-state index in [2.05, 4.69) is 0 Å². The van der Waals surface area contributed by atoms with Crippen LogP contribution in [-0.2, 0) is 4.79 Å². The van der Waals surface area contributed by atoms with Gasteiger partial charge in [0, 0.05) is 31.0 Å². The summed E-state index contributed by atoms with van der Waals surface area (Å²) in [6.07, 6.45) is 1.55. The summed E-state index contributed by atoms with van der Waals surface area (Å²) in [6.45, 7) is 3.99. The number of rotatable bonds is 3. The first-order chi connectivity index (χ1) is 14.0. The second-order valence-corrected chi connectivity index (χ2v) is 9.56. The molecule has 2 aliphatic rings. The molecule has 2 saturated heterocycles. The largest absolute Gasteiger partial charge is 0.341 e. The van der Waals surface area contributed by atoms with Gasteiger partial charge in [-0.05, 0) is 37.0 Å². The van der Waals surface area contributed by atoms with Gasteiger partial charge in [-0.1, -0.05) is 48.5 Å². The Morgan fingerprint density at radius 1 is 1.00 bits per heavy atom. The number of nitrogens with zero attached hydrogens (tertiary/aromatic N) is 2. The average molecular weight is 429 g/mol. The molecule has 2 aromatic rings. The van der Waals surface area contributed by atoms with Gasteiger partial charge in [0.1, 0.15) is 5.38 Å². The molecule has 4 rings (SSSR count). The Kier molecular flexibility index (Phi) is 5.88. The predicted octanol–water partition coefficient (Wildman–Crippen LogP) is 4.48. The van der Waals surface area contributed by atoms with Gasteiger partial charge in [-0.25, -0.2) is 0 Å². The molecule has 6 heteroatoms. The van der Waals surface area contributed by atoms with Gasteiger partial charge in [0.05, 0.1) is 4.87 Å². The van der Waals surface area contributed by atoms with E-state index < -0.39 is 5.38 Å². The van der Waals surface area contributed by atoms with Crippen LogP contribution in [0.2, 0.25) is 0 Å². The van der Waals surface area contributed by atoms with Crippen LogP contribution in [0, 0.1) is 6.92 Å². The van der Waals surface area contributed by atoms with Crippen molar-refractivity contribution in [3.8, 4) is 0 Å². The first kappa shape index (κ1) is 20.3. The van der Waals surface area contributed by atoms with Crippen LogP contribution >= 0.6 is 23.4 Å². The van der Waals surface area contributed by atoms with E-state index >= 15 is 0 Å². The number of carbonyl (C=O) groups is 2. The van der Waals surface area contributed by atoms with Crippen LogP contribution < -0.4 is 0 Å². The topological polar surface area (TPSA) is 40.6 Å². The van der Waals surface area contributed by atoms with Crippen molar-refractivity contribution in [2.45, 2.75) is 30.0 Å². The van der Waals surface area contributed by atoms with Crippen LogP contribution in [0.3, 0.4) is 0 Å². The third kappa shape index (κ3) is 3.90. The van der Waals surface area contributed by atoms with Crippen LogP contribution in [0.4, 0.5) is 0 Å². The molecule has 1 atom stereocenters. The van der Waals surface area contributed by atoms with E-state index in [1.807, 2.05) is 83.1 Å². The lowest BCUT2D eigenvalue weighted by molar-refractivity contribution is -0.132. The molecule has 2 aliphatic heterocycles. The van der Waals surface area contributed by atoms with E-state index in [1.54, 1.807) is 0 Å². The smallest absolute Gasteiger partial charge is 0.255 e. The summed E-state index contributed by atoms with van der Waals surface area (Å²) in [5.41, 5.74) is 2.61. The highest BCUT2D eigenvalue weighted by atomic mass is 35.5.